The molecule has 0 aliphatic carbocycles. The number of rotatable bonds is 9. The number of nitrogens with one attached hydrogen (secondary N) is 2. The first-order valence-corrected chi connectivity index (χ1v) is 9.00. The Balaban J connectivity index is 2.66. The van der Waals surface area contributed by atoms with E-state index < -0.39 is 53.8 Å². The van der Waals surface area contributed by atoms with Crippen LogP contribution in [0.25, 0.3) is 0 Å². The molecule has 1 aliphatic rings. The quantitative estimate of drug-likeness (QED) is 0.224. The highest BCUT2D eigenvalue weighted by atomic mass is 32.1. The van der Waals surface area contributed by atoms with Gasteiger partial charge in [-0.3, -0.25) is 19.2 Å². The Hall–Kier alpha value is -2.34. The lowest BCUT2D eigenvalue weighted by Crippen LogP contribution is -2.57. The van der Waals surface area contributed by atoms with Gasteiger partial charge in [0.1, 0.15) is 18.1 Å². The summed E-state index contributed by atoms with van der Waals surface area (Å²) in [5, 5.41) is 13.9. The predicted octanol–water partition coefficient (Wildman–Crippen LogP) is -2.82. The van der Waals surface area contributed by atoms with Crippen LogP contribution in [-0.2, 0) is 24.0 Å². The lowest BCUT2D eigenvalue weighted by molar-refractivity contribution is -0.149. The van der Waals surface area contributed by atoms with E-state index >= 15 is 0 Å². The van der Waals surface area contributed by atoms with Crippen LogP contribution < -0.4 is 22.1 Å². The fourth-order valence-electron chi connectivity index (χ4n) is 2.69. The first-order chi connectivity index (χ1) is 12.6. The Morgan fingerprint density at radius 1 is 1.22 bits per heavy atom. The van der Waals surface area contributed by atoms with E-state index in [4.69, 9.17) is 16.6 Å². The predicted molar refractivity (Wildman–Crippen MR) is 97.5 cm³/mol. The van der Waals surface area contributed by atoms with Crippen LogP contribution >= 0.6 is 12.6 Å². The van der Waals surface area contributed by atoms with Gasteiger partial charge in [-0.25, -0.2) is 4.79 Å². The SMILES string of the molecule is CC(NC(=O)C(CS)NC(=O)C(N)CC(N)=O)C(=O)N1CCCC1C(=O)O. The van der Waals surface area contributed by atoms with E-state index in [-0.39, 0.29) is 12.2 Å². The van der Waals surface area contributed by atoms with Crippen molar-refractivity contribution in [2.75, 3.05) is 12.3 Å². The van der Waals surface area contributed by atoms with Crippen molar-refractivity contribution in [1.82, 2.24) is 15.5 Å². The molecule has 12 heteroatoms. The molecule has 0 aromatic carbocycles. The summed E-state index contributed by atoms with van der Waals surface area (Å²) in [5.74, 6) is -3.90. The molecule has 1 heterocycles. The molecule has 0 bridgehead atoms. The van der Waals surface area contributed by atoms with Crippen molar-refractivity contribution < 1.29 is 29.1 Å². The summed E-state index contributed by atoms with van der Waals surface area (Å²) in [5.41, 5.74) is 10.5. The zero-order valence-corrected chi connectivity index (χ0v) is 15.8. The van der Waals surface area contributed by atoms with E-state index in [1.54, 1.807) is 0 Å². The van der Waals surface area contributed by atoms with Gasteiger partial charge in [0, 0.05) is 12.3 Å². The maximum atomic E-state index is 12.4. The molecule has 11 nitrogen and oxygen atoms in total. The standard InChI is InChI=1S/C15H25N5O6S/c1-7(14(24)20-4-2-3-10(20)15(25)26)18-13(23)9(6-27)19-12(22)8(16)5-11(17)21/h7-10,27H,2-6,16H2,1H3,(H2,17,21)(H,18,23)(H,19,22)(H,25,26). The van der Waals surface area contributed by atoms with Crippen LogP contribution in [0.3, 0.4) is 0 Å². The number of nitrogens with two attached hydrogens (primary N) is 2. The van der Waals surface area contributed by atoms with Crippen LogP contribution in [0, 0.1) is 0 Å². The molecule has 0 aromatic heterocycles. The van der Waals surface area contributed by atoms with Gasteiger partial charge in [-0.1, -0.05) is 0 Å². The third-order valence-corrected chi connectivity index (χ3v) is 4.49. The summed E-state index contributed by atoms with van der Waals surface area (Å²) in [7, 11) is 0. The Bertz CT molecular complexity index is 616. The van der Waals surface area contributed by atoms with Crippen molar-refractivity contribution in [1.29, 1.82) is 0 Å². The third kappa shape index (κ3) is 6.40. The van der Waals surface area contributed by atoms with Crippen LogP contribution in [-0.4, -0.2) is 76.1 Å². The minimum atomic E-state index is -1.21. The Morgan fingerprint density at radius 2 is 1.85 bits per heavy atom. The lowest BCUT2D eigenvalue weighted by Gasteiger charge is -2.26. The van der Waals surface area contributed by atoms with Gasteiger partial charge in [0.05, 0.1) is 12.5 Å². The molecule has 4 amide bonds. The molecule has 0 radical (unpaired) electrons. The highest BCUT2D eigenvalue weighted by molar-refractivity contribution is 7.80. The van der Waals surface area contributed by atoms with Gasteiger partial charge < -0.3 is 32.1 Å². The minimum absolute atomic E-state index is 0.0801. The van der Waals surface area contributed by atoms with Gasteiger partial charge in [0.15, 0.2) is 0 Å². The smallest absolute Gasteiger partial charge is 0.326 e. The van der Waals surface area contributed by atoms with Crippen LogP contribution in [0.4, 0.5) is 0 Å². The van der Waals surface area contributed by atoms with Crippen molar-refractivity contribution in [3.63, 3.8) is 0 Å². The van der Waals surface area contributed by atoms with Crippen LogP contribution in [0.15, 0.2) is 0 Å². The number of amides is 4. The van der Waals surface area contributed by atoms with E-state index in [1.165, 1.54) is 11.8 Å². The fraction of sp³-hybridized carbons (Fsp3) is 0.667. The summed E-state index contributed by atoms with van der Waals surface area (Å²) >= 11 is 3.99. The maximum absolute atomic E-state index is 12.4. The number of likely N-dealkylation sites (tertiary alicyclic amines) is 1. The van der Waals surface area contributed by atoms with E-state index in [2.05, 4.69) is 23.3 Å². The Kier molecular flexibility index (Phi) is 8.50. The monoisotopic (exact) mass is 403 g/mol. The molecule has 152 valence electrons. The van der Waals surface area contributed by atoms with Crippen LogP contribution in [0.5, 0.6) is 0 Å². The van der Waals surface area contributed by atoms with Gasteiger partial charge in [-0.15, -0.1) is 0 Å². The number of aliphatic carboxylic acids is 1. The zero-order valence-electron chi connectivity index (χ0n) is 14.9. The number of carboxylic acid groups (broad SMARTS) is 1. The molecule has 4 atom stereocenters. The molecule has 0 aromatic rings. The van der Waals surface area contributed by atoms with Gasteiger partial charge in [-0.05, 0) is 19.8 Å². The van der Waals surface area contributed by atoms with Crippen LogP contribution in [0.2, 0.25) is 0 Å². The van der Waals surface area contributed by atoms with Crippen molar-refractivity contribution >= 4 is 42.2 Å². The second-order valence-corrected chi connectivity index (χ2v) is 6.64. The summed E-state index contributed by atoms with van der Waals surface area (Å²) in [6.45, 7) is 1.72. The van der Waals surface area contributed by atoms with E-state index in [0.29, 0.717) is 19.4 Å². The normalized spacial score (nSPS) is 19.7. The van der Waals surface area contributed by atoms with E-state index in [1.807, 2.05) is 0 Å². The van der Waals surface area contributed by atoms with Gasteiger partial charge in [0.2, 0.25) is 23.6 Å². The minimum Gasteiger partial charge on any atom is -0.480 e. The second-order valence-electron chi connectivity index (χ2n) is 6.28. The molecule has 0 saturated carbocycles. The molecule has 1 saturated heterocycles. The van der Waals surface area contributed by atoms with Crippen LogP contribution in [0.1, 0.15) is 26.2 Å². The number of carbonyl (C=O) groups excluding carboxylic acids is 4. The van der Waals surface area contributed by atoms with Gasteiger partial charge in [-0.2, -0.15) is 12.6 Å². The average molecular weight is 403 g/mol. The molecule has 0 spiro atoms. The summed E-state index contributed by atoms with van der Waals surface area (Å²) in [6, 6.07) is -4.21. The number of thiol groups is 1. The van der Waals surface area contributed by atoms with Crippen molar-refractivity contribution in [3.05, 3.63) is 0 Å². The Labute approximate surface area is 161 Å². The molecule has 1 rings (SSSR count). The highest BCUT2D eigenvalue weighted by Crippen LogP contribution is 2.18. The van der Waals surface area contributed by atoms with E-state index in [9.17, 15) is 24.0 Å². The molecule has 1 aliphatic heterocycles. The molecular weight excluding hydrogens is 378 g/mol. The summed E-state index contributed by atoms with van der Waals surface area (Å²) < 4.78 is 0. The molecule has 1 fully saturated rings. The number of primary amides is 1. The average Bonchev–Trinajstić information content (AvgIpc) is 3.07. The zero-order chi connectivity index (χ0) is 20.7. The fourth-order valence-corrected chi connectivity index (χ4v) is 2.95. The second kappa shape index (κ2) is 10.1. The lowest BCUT2D eigenvalue weighted by atomic mass is 10.1. The number of carbonyl (C=O) groups is 5. The van der Waals surface area contributed by atoms with E-state index in [0.717, 1.165) is 0 Å². The van der Waals surface area contributed by atoms with Crippen molar-refractivity contribution in [2.45, 2.75) is 50.4 Å². The summed E-state index contributed by atoms with van der Waals surface area (Å²) in [4.78, 5) is 59.8. The summed E-state index contributed by atoms with van der Waals surface area (Å²) in [6.07, 6.45) is 0.540. The third-order valence-electron chi connectivity index (χ3n) is 4.12. The first-order valence-electron chi connectivity index (χ1n) is 8.37. The van der Waals surface area contributed by atoms with Crippen molar-refractivity contribution in [3.8, 4) is 0 Å². The first kappa shape index (κ1) is 22.7. The number of hydrogen-bond acceptors (Lipinski definition) is 7. The molecular formula is C15H25N5O6S. The maximum Gasteiger partial charge on any atom is 0.326 e. The Morgan fingerprint density at radius 3 is 2.37 bits per heavy atom. The molecule has 7 N–H and O–H groups in total. The largest absolute Gasteiger partial charge is 0.480 e. The number of carboxylic acids is 1. The van der Waals surface area contributed by atoms with Gasteiger partial charge >= 0.3 is 5.97 Å². The number of hydrogen-bond donors (Lipinski definition) is 6. The topological polar surface area (TPSA) is 185 Å². The molecule has 27 heavy (non-hydrogen) atoms. The number of nitrogens with zero attached hydrogens (tertiary/aromatic N) is 1. The highest BCUT2D eigenvalue weighted by Gasteiger charge is 2.36. The molecule has 4 unspecified atom stereocenters. The van der Waals surface area contributed by atoms with Crippen molar-refractivity contribution in [2.24, 2.45) is 11.5 Å². The van der Waals surface area contributed by atoms with Gasteiger partial charge in [0.25, 0.3) is 0 Å².